The summed E-state index contributed by atoms with van der Waals surface area (Å²) < 4.78 is 41.3. The highest BCUT2D eigenvalue weighted by atomic mass is 19.4. The van der Waals surface area contributed by atoms with Crippen molar-refractivity contribution in [2.45, 2.75) is 13.1 Å². The van der Waals surface area contributed by atoms with Gasteiger partial charge in [0, 0.05) is 24.4 Å². The highest BCUT2D eigenvalue weighted by molar-refractivity contribution is 6.02. The van der Waals surface area contributed by atoms with Crippen molar-refractivity contribution in [3.8, 4) is 11.8 Å². The average Bonchev–Trinajstić information content (AvgIpc) is 2.65. The number of halogens is 3. The molecule has 0 aromatic heterocycles. The third kappa shape index (κ3) is 7.38. The third-order valence-electron chi connectivity index (χ3n) is 3.42. The first-order chi connectivity index (χ1) is 13.7. The highest BCUT2D eigenvalue weighted by Crippen LogP contribution is 2.25. The Labute approximate surface area is 164 Å². The van der Waals surface area contributed by atoms with Gasteiger partial charge in [0.25, 0.3) is 0 Å². The fraction of sp³-hybridized carbons (Fsp3) is 0.150. The van der Waals surface area contributed by atoms with Crippen LogP contribution in [0.1, 0.15) is 18.1 Å². The van der Waals surface area contributed by atoms with Crippen molar-refractivity contribution in [2.75, 3.05) is 17.2 Å². The Balaban J connectivity index is 2.00. The van der Waals surface area contributed by atoms with Crippen LogP contribution < -0.4 is 15.4 Å². The Morgan fingerprint density at radius 2 is 1.76 bits per heavy atom. The summed E-state index contributed by atoms with van der Waals surface area (Å²) in [5.41, 5.74) is 1.43. The molecule has 0 fully saturated rings. The second-order valence-electron chi connectivity index (χ2n) is 5.85. The third-order valence-corrected chi connectivity index (χ3v) is 3.42. The molecular formula is C20H16F3N3O3. The van der Waals surface area contributed by atoms with Crippen LogP contribution in [0, 0.1) is 11.3 Å². The lowest BCUT2D eigenvalue weighted by Gasteiger charge is -2.11. The van der Waals surface area contributed by atoms with Gasteiger partial charge in [0.2, 0.25) is 11.8 Å². The minimum atomic E-state index is -4.52. The molecule has 2 aromatic carbocycles. The van der Waals surface area contributed by atoms with Crippen molar-refractivity contribution in [2.24, 2.45) is 0 Å². The molecule has 150 valence electrons. The summed E-state index contributed by atoms with van der Waals surface area (Å²) in [6.07, 6.45) is -1.73. The van der Waals surface area contributed by atoms with Crippen LogP contribution in [0.2, 0.25) is 0 Å². The number of nitriles is 1. The van der Waals surface area contributed by atoms with E-state index in [0.29, 0.717) is 11.3 Å². The Bertz CT molecular complexity index is 962. The van der Waals surface area contributed by atoms with Crippen molar-refractivity contribution in [1.82, 2.24) is 0 Å². The van der Waals surface area contributed by atoms with Gasteiger partial charge in [0.1, 0.15) is 11.8 Å². The minimum Gasteiger partial charge on any atom is -0.483 e. The predicted octanol–water partition coefficient (Wildman–Crippen LogP) is 4.11. The first-order valence-corrected chi connectivity index (χ1v) is 8.27. The van der Waals surface area contributed by atoms with E-state index >= 15 is 0 Å². The van der Waals surface area contributed by atoms with Gasteiger partial charge in [-0.2, -0.15) is 18.4 Å². The number of rotatable bonds is 6. The van der Waals surface area contributed by atoms with Crippen molar-refractivity contribution in [1.29, 1.82) is 5.26 Å². The maximum Gasteiger partial charge on any atom is 0.422 e. The molecule has 0 saturated carbocycles. The van der Waals surface area contributed by atoms with Gasteiger partial charge in [-0.25, -0.2) is 0 Å². The molecule has 0 aliphatic rings. The molecule has 0 spiro atoms. The zero-order chi connectivity index (χ0) is 21.4. The van der Waals surface area contributed by atoms with Crippen LogP contribution in [0.15, 0.2) is 48.5 Å². The molecule has 0 heterocycles. The molecule has 0 atom stereocenters. The van der Waals surface area contributed by atoms with E-state index in [0.717, 1.165) is 0 Å². The maximum absolute atomic E-state index is 12.2. The summed E-state index contributed by atoms with van der Waals surface area (Å²) in [5.74, 6) is -0.916. The number of benzene rings is 2. The van der Waals surface area contributed by atoms with Crippen molar-refractivity contribution >= 4 is 29.3 Å². The van der Waals surface area contributed by atoms with Gasteiger partial charge in [0.15, 0.2) is 6.61 Å². The van der Waals surface area contributed by atoms with Gasteiger partial charge in [-0.15, -0.1) is 0 Å². The molecule has 0 aliphatic heterocycles. The summed E-state index contributed by atoms with van der Waals surface area (Å²) in [6, 6.07) is 12.2. The highest BCUT2D eigenvalue weighted by Gasteiger charge is 2.28. The zero-order valence-corrected chi connectivity index (χ0v) is 15.2. The number of nitrogens with one attached hydrogen (secondary N) is 2. The summed E-state index contributed by atoms with van der Waals surface area (Å²) in [5, 5.41) is 14.2. The fourth-order valence-electron chi connectivity index (χ4n) is 2.22. The SMILES string of the molecule is CC(=O)Nc1ccc(/C=C/C(=O)Nc2ccc(OCC(F)(F)F)c(C#N)c2)cc1. The number of hydrogen-bond donors (Lipinski definition) is 2. The summed E-state index contributed by atoms with van der Waals surface area (Å²) in [4.78, 5) is 23.0. The minimum absolute atomic E-state index is 0.135. The molecule has 29 heavy (non-hydrogen) atoms. The quantitative estimate of drug-likeness (QED) is 0.710. The molecule has 0 unspecified atom stereocenters. The van der Waals surface area contributed by atoms with E-state index in [-0.39, 0.29) is 22.9 Å². The van der Waals surface area contributed by atoms with E-state index in [1.165, 1.54) is 31.2 Å². The number of alkyl halides is 3. The lowest BCUT2D eigenvalue weighted by molar-refractivity contribution is -0.153. The number of carbonyl (C=O) groups excluding carboxylic acids is 2. The Morgan fingerprint density at radius 3 is 2.34 bits per heavy atom. The summed E-state index contributed by atoms with van der Waals surface area (Å²) in [6.45, 7) is -0.123. The second-order valence-corrected chi connectivity index (χ2v) is 5.85. The molecule has 9 heteroatoms. The van der Waals surface area contributed by atoms with Gasteiger partial charge in [-0.05, 0) is 42.0 Å². The molecule has 2 aromatic rings. The normalized spacial score (nSPS) is 11.0. The first kappa shape index (κ1) is 21.5. The monoisotopic (exact) mass is 403 g/mol. The Hall–Kier alpha value is -3.80. The van der Waals surface area contributed by atoms with Gasteiger partial charge < -0.3 is 15.4 Å². The van der Waals surface area contributed by atoms with Gasteiger partial charge in [0.05, 0.1) is 5.56 Å². The molecule has 0 radical (unpaired) electrons. The number of anilines is 2. The van der Waals surface area contributed by atoms with Crippen LogP contribution in [0.5, 0.6) is 5.75 Å². The van der Waals surface area contributed by atoms with Crippen LogP contribution in [-0.4, -0.2) is 24.6 Å². The molecular weight excluding hydrogens is 387 g/mol. The molecule has 6 nitrogen and oxygen atoms in total. The molecule has 0 saturated heterocycles. The van der Waals surface area contributed by atoms with Gasteiger partial charge in [-0.1, -0.05) is 12.1 Å². The van der Waals surface area contributed by atoms with E-state index in [1.54, 1.807) is 36.4 Å². The van der Waals surface area contributed by atoms with Gasteiger partial charge in [-0.3, -0.25) is 9.59 Å². The Morgan fingerprint density at radius 1 is 1.10 bits per heavy atom. The largest absolute Gasteiger partial charge is 0.483 e. The van der Waals surface area contributed by atoms with Crippen molar-refractivity contribution in [3.63, 3.8) is 0 Å². The maximum atomic E-state index is 12.2. The van der Waals surface area contributed by atoms with Crippen molar-refractivity contribution in [3.05, 3.63) is 59.7 Å². The molecule has 2 N–H and O–H groups in total. The van der Waals surface area contributed by atoms with E-state index in [2.05, 4.69) is 15.4 Å². The van der Waals surface area contributed by atoms with Crippen molar-refractivity contribution < 1.29 is 27.5 Å². The summed E-state index contributed by atoms with van der Waals surface area (Å²) >= 11 is 0. The first-order valence-electron chi connectivity index (χ1n) is 8.27. The van der Waals surface area contributed by atoms with E-state index in [1.807, 2.05) is 0 Å². The number of nitrogens with zero attached hydrogens (tertiary/aromatic N) is 1. The average molecular weight is 403 g/mol. The van der Waals surface area contributed by atoms with E-state index in [9.17, 15) is 22.8 Å². The van der Waals surface area contributed by atoms with Crippen LogP contribution in [0.4, 0.5) is 24.5 Å². The number of ether oxygens (including phenoxy) is 1. The van der Waals surface area contributed by atoms with E-state index < -0.39 is 18.7 Å². The number of hydrogen-bond acceptors (Lipinski definition) is 4. The lowest BCUT2D eigenvalue weighted by Crippen LogP contribution is -2.19. The van der Waals surface area contributed by atoms with E-state index in [4.69, 9.17) is 5.26 Å². The smallest absolute Gasteiger partial charge is 0.422 e. The fourth-order valence-corrected chi connectivity index (χ4v) is 2.22. The van der Waals surface area contributed by atoms with Crippen LogP contribution in [0.3, 0.4) is 0 Å². The lowest BCUT2D eigenvalue weighted by atomic mass is 10.1. The van der Waals surface area contributed by atoms with Crippen LogP contribution >= 0.6 is 0 Å². The van der Waals surface area contributed by atoms with Crippen LogP contribution in [0.25, 0.3) is 6.08 Å². The number of carbonyl (C=O) groups is 2. The topological polar surface area (TPSA) is 91.2 Å². The number of amides is 2. The molecule has 0 bridgehead atoms. The van der Waals surface area contributed by atoms with Crippen LogP contribution in [-0.2, 0) is 9.59 Å². The molecule has 0 aliphatic carbocycles. The second kappa shape index (κ2) is 9.41. The standard InChI is InChI=1S/C20H16F3N3O3/c1-13(27)25-16-5-2-14(3-6-16)4-9-19(28)26-17-7-8-18(15(10-17)11-24)29-12-20(21,22)23/h2-10H,12H2,1H3,(H,25,27)(H,26,28)/b9-4+. The predicted molar refractivity (Wildman–Crippen MR) is 101 cm³/mol. The zero-order valence-electron chi connectivity index (χ0n) is 15.2. The molecule has 2 amide bonds. The Kier molecular flexibility index (Phi) is 6.98. The van der Waals surface area contributed by atoms with Gasteiger partial charge >= 0.3 is 6.18 Å². The molecule has 2 rings (SSSR count). The summed E-state index contributed by atoms with van der Waals surface area (Å²) in [7, 11) is 0.